The highest BCUT2D eigenvalue weighted by Gasteiger charge is 2.16. The average Bonchev–Trinajstić information content (AvgIpc) is 3.23. The van der Waals surface area contributed by atoms with Crippen LogP contribution in [0.3, 0.4) is 0 Å². The molecule has 1 amide bonds. The zero-order valence-electron chi connectivity index (χ0n) is 17.2. The molecule has 0 saturated heterocycles. The Hall–Kier alpha value is -2.84. The fourth-order valence-electron chi connectivity index (χ4n) is 3.36. The number of hydrogen-bond acceptors (Lipinski definition) is 6. The third-order valence-corrected chi connectivity index (χ3v) is 6.91. The Morgan fingerprint density at radius 3 is 2.45 bits per heavy atom. The number of carbonyl (C=O) groups is 1. The third-order valence-electron chi connectivity index (χ3n) is 4.94. The lowest BCUT2D eigenvalue weighted by atomic mass is 10.0. The van der Waals surface area contributed by atoms with Crippen molar-refractivity contribution in [2.45, 2.75) is 31.7 Å². The standard InChI is InChI=1S/C23H21FN4OS2/c1-3-14-6-5-7-15(4-2)19(14)27-18(29)12-30-23-22-21(25-13-26-23)20(28-31-22)16-8-10-17(24)11-9-16/h5-11,13H,3-4,12H2,1-2H3,(H,27,29). The van der Waals surface area contributed by atoms with E-state index in [1.54, 1.807) is 12.1 Å². The molecule has 0 aliphatic carbocycles. The number of benzene rings is 2. The fraction of sp³-hybridized carbons (Fsp3) is 0.217. The van der Waals surface area contributed by atoms with Gasteiger partial charge in [0.2, 0.25) is 5.91 Å². The van der Waals surface area contributed by atoms with Gasteiger partial charge in [-0.3, -0.25) is 4.79 Å². The van der Waals surface area contributed by atoms with E-state index in [9.17, 15) is 9.18 Å². The summed E-state index contributed by atoms with van der Waals surface area (Å²) in [5.74, 6) is -0.136. The van der Waals surface area contributed by atoms with Gasteiger partial charge in [-0.1, -0.05) is 43.8 Å². The molecule has 158 valence electrons. The number of hydrogen-bond donors (Lipinski definition) is 1. The van der Waals surface area contributed by atoms with Crippen LogP contribution in [0.25, 0.3) is 21.5 Å². The first-order valence-corrected chi connectivity index (χ1v) is 11.8. The van der Waals surface area contributed by atoms with Crippen LogP contribution in [0, 0.1) is 5.82 Å². The molecule has 0 aliphatic heterocycles. The molecule has 0 atom stereocenters. The molecule has 2 aromatic carbocycles. The molecule has 0 radical (unpaired) electrons. The highest BCUT2D eigenvalue weighted by Crippen LogP contribution is 2.34. The summed E-state index contributed by atoms with van der Waals surface area (Å²) >= 11 is 2.65. The number of aryl methyl sites for hydroxylation is 2. The van der Waals surface area contributed by atoms with E-state index in [0.29, 0.717) is 16.2 Å². The summed E-state index contributed by atoms with van der Waals surface area (Å²) in [6.07, 6.45) is 3.19. The third kappa shape index (κ3) is 4.60. The predicted octanol–water partition coefficient (Wildman–Crippen LogP) is 5.75. The van der Waals surface area contributed by atoms with Gasteiger partial charge in [-0.05, 0) is 59.8 Å². The molecular formula is C23H21FN4OS2. The molecule has 31 heavy (non-hydrogen) atoms. The summed E-state index contributed by atoms with van der Waals surface area (Å²) in [5.41, 5.74) is 5.38. The van der Waals surface area contributed by atoms with E-state index in [4.69, 9.17) is 0 Å². The van der Waals surface area contributed by atoms with Crippen LogP contribution in [0.5, 0.6) is 0 Å². The quantitative estimate of drug-likeness (QED) is 0.286. The molecule has 0 unspecified atom stereocenters. The van der Waals surface area contributed by atoms with Crippen LogP contribution < -0.4 is 5.32 Å². The Morgan fingerprint density at radius 2 is 1.77 bits per heavy atom. The Bertz CT molecular complexity index is 1200. The van der Waals surface area contributed by atoms with Crippen LogP contribution in [0.2, 0.25) is 0 Å². The smallest absolute Gasteiger partial charge is 0.234 e. The van der Waals surface area contributed by atoms with Gasteiger partial charge in [0.05, 0.1) is 5.75 Å². The summed E-state index contributed by atoms with van der Waals surface area (Å²) in [4.78, 5) is 21.4. The largest absolute Gasteiger partial charge is 0.325 e. The highest BCUT2D eigenvalue weighted by molar-refractivity contribution is 8.00. The Balaban J connectivity index is 1.52. The van der Waals surface area contributed by atoms with E-state index in [1.807, 2.05) is 18.2 Å². The Labute approximate surface area is 188 Å². The number of fused-ring (bicyclic) bond motifs is 1. The van der Waals surface area contributed by atoms with Gasteiger partial charge in [-0.15, -0.1) is 0 Å². The van der Waals surface area contributed by atoms with E-state index >= 15 is 0 Å². The van der Waals surface area contributed by atoms with Crippen molar-refractivity contribution in [3.63, 3.8) is 0 Å². The number of anilines is 1. The van der Waals surface area contributed by atoms with Crippen molar-refractivity contribution in [3.05, 3.63) is 65.7 Å². The number of thioether (sulfide) groups is 1. The highest BCUT2D eigenvalue weighted by atomic mass is 32.2. The molecule has 4 rings (SSSR count). The van der Waals surface area contributed by atoms with Crippen molar-refractivity contribution >= 4 is 45.1 Å². The van der Waals surface area contributed by atoms with Gasteiger partial charge in [0.15, 0.2) is 0 Å². The molecule has 4 aromatic rings. The Morgan fingerprint density at radius 1 is 1.06 bits per heavy atom. The zero-order chi connectivity index (χ0) is 21.8. The number of nitrogens with zero attached hydrogens (tertiary/aromatic N) is 3. The van der Waals surface area contributed by atoms with Crippen molar-refractivity contribution in [1.29, 1.82) is 0 Å². The van der Waals surface area contributed by atoms with Crippen LogP contribution in [0.15, 0.2) is 53.8 Å². The molecule has 1 N–H and O–H groups in total. The first-order valence-electron chi connectivity index (χ1n) is 10.0. The normalized spacial score (nSPS) is 11.1. The van der Waals surface area contributed by atoms with Crippen molar-refractivity contribution in [3.8, 4) is 11.3 Å². The van der Waals surface area contributed by atoms with E-state index in [1.165, 1.54) is 41.8 Å². The van der Waals surface area contributed by atoms with E-state index in [-0.39, 0.29) is 17.5 Å². The van der Waals surface area contributed by atoms with Crippen LogP contribution in [0.1, 0.15) is 25.0 Å². The summed E-state index contributed by atoms with van der Waals surface area (Å²) in [5, 5.41) is 3.80. The molecule has 5 nitrogen and oxygen atoms in total. The molecule has 0 saturated carbocycles. The molecular weight excluding hydrogens is 431 g/mol. The molecule has 0 aliphatic rings. The number of rotatable bonds is 7. The maximum atomic E-state index is 13.2. The minimum atomic E-state index is -0.295. The maximum absolute atomic E-state index is 13.2. The predicted molar refractivity (Wildman–Crippen MR) is 125 cm³/mol. The van der Waals surface area contributed by atoms with Gasteiger partial charge in [-0.2, -0.15) is 4.37 Å². The van der Waals surface area contributed by atoms with Crippen molar-refractivity contribution < 1.29 is 9.18 Å². The van der Waals surface area contributed by atoms with Crippen molar-refractivity contribution in [2.24, 2.45) is 0 Å². The van der Waals surface area contributed by atoms with Crippen LogP contribution in [-0.4, -0.2) is 26.0 Å². The molecule has 0 fully saturated rings. The van der Waals surface area contributed by atoms with Crippen molar-refractivity contribution in [1.82, 2.24) is 14.3 Å². The number of aromatic nitrogens is 3. The topological polar surface area (TPSA) is 67.8 Å². The summed E-state index contributed by atoms with van der Waals surface area (Å²) in [7, 11) is 0. The Kier molecular flexibility index (Phi) is 6.58. The second-order valence-corrected chi connectivity index (χ2v) is 8.63. The van der Waals surface area contributed by atoms with E-state index in [2.05, 4.69) is 33.5 Å². The van der Waals surface area contributed by atoms with E-state index in [0.717, 1.165) is 39.9 Å². The van der Waals surface area contributed by atoms with Crippen molar-refractivity contribution in [2.75, 3.05) is 11.1 Å². The first kappa shape index (κ1) is 21.4. The molecule has 8 heteroatoms. The number of para-hydroxylation sites is 1. The summed E-state index contributed by atoms with van der Waals surface area (Å²) < 4.78 is 18.6. The second kappa shape index (κ2) is 9.53. The fourth-order valence-corrected chi connectivity index (χ4v) is 5.07. The monoisotopic (exact) mass is 452 g/mol. The van der Waals surface area contributed by atoms with Crippen LogP contribution in [-0.2, 0) is 17.6 Å². The van der Waals surface area contributed by atoms with Gasteiger partial charge in [0.25, 0.3) is 0 Å². The van der Waals surface area contributed by atoms with E-state index < -0.39 is 0 Å². The second-order valence-electron chi connectivity index (χ2n) is 6.89. The number of amides is 1. The number of nitrogens with one attached hydrogen (secondary N) is 1. The molecule has 2 heterocycles. The lowest BCUT2D eigenvalue weighted by Crippen LogP contribution is -2.16. The summed E-state index contributed by atoms with van der Waals surface area (Å²) in [6, 6.07) is 12.3. The minimum absolute atomic E-state index is 0.0735. The minimum Gasteiger partial charge on any atom is -0.325 e. The molecule has 2 aromatic heterocycles. The van der Waals surface area contributed by atoms with Gasteiger partial charge in [0, 0.05) is 11.3 Å². The first-order chi connectivity index (χ1) is 15.1. The van der Waals surface area contributed by atoms with Crippen LogP contribution in [0.4, 0.5) is 10.1 Å². The lowest BCUT2D eigenvalue weighted by molar-refractivity contribution is -0.113. The zero-order valence-corrected chi connectivity index (χ0v) is 18.8. The van der Waals surface area contributed by atoms with Gasteiger partial charge < -0.3 is 5.32 Å². The van der Waals surface area contributed by atoms with Gasteiger partial charge in [-0.25, -0.2) is 14.4 Å². The van der Waals surface area contributed by atoms with Gasteiger partial charge in [0.1, 0.15) is 33.1 Å². The SMILES string of the molecule is CCc1cccc(CC)c1NC(=O)CSc1ncnc2c(-c3ccc(F)cc3)nsc12. The van der Waals surface area contributed by atoms with Crippen LogP contribution >= 0.6 is 23.3 Å². The summed E-state index contributed by atoms with van der Waals surface area (Å²) in [6.45, 7) is 4.17. The maximum Gasteiger partial charge on any atom is 0.234 e. The number of carbonyl (C=O) groups excluding carboxylic acids is 1. The number of halogens is 1. The molecule has 0 spiro atoms. The lowest BCUT2D eigenvalue weighted by Gasteiger charge is -2.14. The molecule has 0 bridgehead atoms. The van der Waals surface area contributed by atoms with Gasteiger partial charge >= 0.3 is 0 Å². The average molecular weight is 453 g/mol.